The molecule has 11 rings (SSSR count). The molecule has 0 aliphatic rings. The average molecular weight is 610 g/mol. The summed E-state index contributed by atoms with van der Waals surface area (Å²) in [5.74, 6) is 0. The van der Waals surface area contributed by atoms with Crippen LogP contribution in [0.25, 0.3) is 104 Å². The van der Waals surface area contributed by atoms with Crippen LogP contribution < -0.4 is 0 Å². The van der Waals surface area contributed by atoms with Crippen molar-refractivity contribution in [3.05, 3.63) is 164 Å². The zero-order valence-electron chi connectivity index (χ0n) is 25.9. The number of hydrogen-bond acceptors (Lipinski definition) is 1. The van der Waals surface area contributed by atoms with Gasteiger partial charge in [0.05, 0.1) is 11.0 Å². The number of rotatable bonds is 2. The number of fused-ring (bicyclic) bond motifs is 13. The Kier molecular flexibility index (Phi) is 5.14. The maximum atomic E-state index is 6.62. The molecule has 0 spiro atoms. The topological polar surface area (TPSA) is 18.1 Å². The maximum absolute atomic E-state index is 6.62. The van der Waals surface area contributed by atoms with Crippen molar-refractivity contribution in [3.8, 4) is 16.8 Å². The SMILES string of the molecule is c1ccc(-n2c3ccccc3c3cc(-c4ccc5cc6c(cc5c4)oc4cc5c7ccccc7c7ccccc7c5cc46)ccc32)cc1. The molecule has 2 heterocycles. The Morgan fingerprint density at radius 2 is 0.875 bits per heavy atom. The summed E-state index contributed by atoms with van der Waals surface area (Å²) in [7, 11) is 0. The van der Waals surface area contributed by atoms with E-state index in [2.05, 4.69) is 168 Å². The van der Waals surface area contributed by atoms with Gasteiger partial charge in [0.15, 0.2) is 0 Å². The highest BCUT2D eigenvalue weighted by Gasteiger charge is 2.16. The van der Waals surface area contributed by atoms with Crippen molar-refractivity contribution in [2.75, 3.05) is 0 Å². The Bertz CT molecular complexity index is 3110. The Balaban J connectivity index is 1.10. The zero-order valence-corrected chi connectivity index (χ0v) is 25.9. The van der Waals surface area contributed by atoms with E-state index in [0.717, 1.165) is 21.9 Å². The molecule has 0 saturated carbocycles. The second-order valence-corrected chi connectivity index (χ2v) is 12.9. The fourth-order valence-corrected chi connectivity index (χ4v) is 8.10. The van der Waals surface area contributed by atoms with Crippen LogP contribution in [0.4, 0.5) is 0 Å². The second kappa shape index (κ2) is 9.57. The molecule has 9 aromatic carbocycles. The number of aromatic nitrogens is 1. The second-order valence-electron chi connectivity index (χ2n) is 12.9. The molecule has 0 unspecified atom stereocenters. The number of para-hydroxylation sites is 2. The van der Waals surface area contributed by atoms with E-state index in [-0.39, 0.29) is 0 Å². The van der Waals surface area contributed by atoms with Crippen molar-refractivity contribution in [1.29, 1.82) is 0 Å². The van der Waals surface area contributed by atoms with Crippen LogP contribution in [0.15, 0.2) is 168 Å². The standard InChI is InChI=1S/C46H27NO/c1-2-10-32(11-3-1)47-43-17-9-8-16-37(43)40-23-29(20-21-44(40)47)28-18-19-30-24-41-42-26-38-35-14-6-4-12-33(35)34-13-5-7-15-36(34)39(38)27-46(42)48-45(41)25-31(30)22-28/h1-27H. The van der Waals surface area contributed by atoms with Gasteiger partial charge in [0, 0.05) is 27.2 Å². The Morgan fingerprint density at radius 3 is 1.65 bits per heavy atom. The van der Waals surface area contributed by atoms with Crippen LogP contribution in [0.3, 0.4) is 0 Å². The summed E-state index contributed by atoms with van der Waals surface area (Å²) in [6.07, 6.45) is 0. The van der Waals surface area contributed by atoms with E-state index in [0.29, 0.717) is 0 Å². The highest BCUT2D eigenvalue weighted by molar-refractivity contribution is 6.28. The first-order valence-corrected chi connectivity index (χ1v) is 16.5. The highest BCUT2D eigenvalue weighted by Crippen LogP contribution is 2.41. The van der Waals surface area contributed by atoms with Gasteiger partial charge >= 0.3 is 0 Å². The highest BCUT2D eigenvalue weighted by atomic mass is 16.3. The van der Waals surface area contributed by atoms with Gasteiger partial charge in [0.1, 0.15) is 11.2 Å². The normalized spacial score (nSPS) is 12.2. The van der Waals surface area contributed by atoms with Crippen LogP contribution in [-0.4, -0.2) is 4.57 Å². The van der Waals surface area contributed by atoms with Gasteiger partial charge in [-0.2, -0.15) is 0 Å². The molecule has 0 atom stereocenters. The van der Waals surface area contributed by atoms with Crippen LogP contribution in [0.5, 0.6) is 0 Å². The van der Waals surface area contributed by atoms with Gasteiger partial charge in [0.25, 0.3) is 0 Å². The molecule has 0 fully saturated rings. The van der Waals surface area contributed by atoms with E-state index in [1.54, 1.807) is 0 Å². The number of benzene rings is 9. The third-order valence-corrected chi connectivity index (χ3v) is 10.3. The van der Waals surface area contributed by atoms with E-state index < -0.39 is 0 Å². The molecular weight excluding hydrogens is 583 g/mol. The molecule has 2 aromatic heterocycles. The number of nitrogens with zero attached hydrogens (tertiary/aromatic N) is 1. The minimum atomic E-state index is 0.917. The van der Waals surface area contributed by atoms with Gasteiger partial charge in [-0.15, -0.1) is 0 Å². The number of furan rings is 1. The van der Waals surface area contributed by atoms with Gasteiger partial charge in [-0.3, -0.25) is 0 Å². The molecule has 0 amide bonds. The predicted octanol–water partition coefficient (Wildman–Crippen LogP) is 13.0. The summed E-state index contributed by atoms with van der Waals surface area (Å²) in [6.45, 7) is 0. The minimum absolute atomic E-state index is 0.917. The van der Waals surface area contributed by atoms with Crippen LogP contribution in [0.2, 0.25) is 0 Å². The number of hydrogen-bond donors (Lipinski definition) is 0. The van der Waals surface area contributed by atoms with Crippen LogP contribution >= 0.6 is 0 Å². The summed E-state index contributed by atoms with van der Waals surface area (Å²) in [4.78, 5) is 0. The van der Waals surface area contributed by atoms with Crippen LogP contribution in [0, 0.1) is 0 Å². The molecular formula is C46H27NO. The molecule has 11 aromatic rings. The Morgan fingerprint density at radius 1 is 0.312 bits per heavy atom. The van der Waals surface area contributed by atoms with E-state index >= 15 is 0 Å². The van der Waals surface area contributed by atoms with Crippen molar-refractivity contribution in [1.82, 2.24) is 4.57 Å². The summed E-state index contributed by atoms with van der Waals surface area (Å²) in [5, 5.41) is 14.8. The summed E-state index contributed by atoms with van der Waals surface area (Å²) in [5.41, 5.74) is 7.84. The van der Waals surface area contributed by atoms with Gasteiger partial charge in [-0.25, -0.2) is 0 Å². The van der Waals surface area contributed by atoms with Crippen molar-refractivity contribution in [2.45, 2.75) is 0 Å². The van der Waals surface area contributed by atoms with Gasteiger partial charge < -0.3 is 8.98 Å². The van der Waals surface area contributed by atoms with E-state index in [4.69, 9.17) is 4.42 Å². The van der Waals surface area contributed by atoms with E-state index in [1.165, 1.54) is 81.7 Å². The Labute approximate surface area is 275 Å². The first kappa shape index (κ1) is 25.8. The zero-order chi connectivity index (χ0) is 31.3. The lowest BCUT2D eigenvalue weighted by Crippen LogP contribution is -1.92. The summed E-state index contributed by atoms with van der Waals surface area (Å²) in [6, 6.07) is 59.5. The van der Waals surface area contributed by atoms with Crippen LogP contribution in [-0.2, 0) is 0 Å². The smallest absolute Gasteiger partial charge is 0.136 e. The molecule has 0 bridgehead atoms. The lowest BCUT2D eigenvalue weighted by molar-refractivity contribution is 0.670. The average Bonchev–Trinajstić information content (AvgIpc) is 3.67. The fraction of sp³-hybridized carbons (Fsp3) is 0. The molecule has 2 heteroatoms. The van der Waals surface area contributed by atoms with Gasteiger partial charge in [-0.05, 0) is 115 Å². The summed E-state index contributed by atoms with van der Waals surface area (Å²) < 4.78 is 8.99. The minimum Gasteiger partial charge on any atom is -0.456 e. The van der Waals surface area contributed by atoms with Crippen LogP contribution in [0.1, 0.15) is 0 Å². The molecule has 222 valence electrons. The molecule has 0 aliphatic carbocycles. The maximum Gasteiger partial charge on any atom is 0.136 e. The van der Waals surface area contributed by atoms with Crippen molar-refractivity contribution < 1.29 is 4.42 Å². The predicted molar refractivity (Wildman–Crippen MR) is 204 cm³/mol. The fourth-order valence-electron chi connectivity index (χ4n) is 8.10. The molecule has 2 nitrogen and oxygen atoms in total. The molecule has 48 heavy (non-hydrogen) atoms. The third-order valence-electron chi connectivity index (χ3n) is 10.3. The lowest BCUT2D eigenvalue weighted by atomic mass is 9.93. The third kappa shape index (κ3) is 3.57. The molecule has 0 aliphatic heterocycles. The van der Waals surface area contributed by atoms with Gasteiger partial charge in [-0.1, -0.05) is 103 Å². The Hall–Kier alpha value is -6.38. The monoisotopic (exact) mass is 609 g/mol. The van der Waals surface area contributed by atoms with Gasteiger partial charge in [0.2, 0.25) is 0 Å². The first-order chi connectivity index (χ1) is 23.8. The van der Waals surface area contributed by atoms with E-state index in [9.17, 15) is 0 Å². The molecule has 0 saturated heterocycles. The van der Waals surface area contributed by atoms with Crippen molar-refractivity contribution in [2.24, 2.45) is 0 Å². The quantitative estimate of drug-likeness (QED) is 0.178. The van der Waals surface area contributed by atoms with E-state index in [1.807, 2.05) is 0 Å². The largest absolute Gasteiger partial charge is 0.456 e. The summed E-state index contributed by atoms with van der Waals surface area (Å²) >= 11 is 0. The van der Waals surface area contributed by atoms with Crippen molar-refractivity contribution >= 4 is 86.8 Å². The molecule has 0 radical (unpaired) electrons. The first-order valence-electron chi connectivity index (χ1n) is 16.5. The van der Waals surface area contributed by atoms with Crippen molar-refractivity contribution in [3.63, 3.8) is 0 Å². The molecule has 0 N–H and O–H groups in total. The lowest BCUT2D eigenvalue weighted by Gasteiger charge is -2.10.